The molecule has 0 saturated heterocycles. The first-order valence-electron chi connectivity index (χ1n) is 8.25. The third kappa shape index (κ3) is 4.79. The zero-order chi connectivity index (χ0) is 18.4. The third-order valence-corrected chi connectivity index (χ3v) is 4.39. The minimum absolute atomic E-state index is 0.337. The molecule has 2 amide bonds. The lowest BCUT2D eigenvalue weighted by atomic mass is 10.2. The third-order valence-electron chi connectivity index (χ3n) is 3.98. The van der Waals surface area contributed by atoms with Gasteiger partial charge in [0.1, 0.15) is 5.75 Å². The van der Waals surface area contributed by atoms with E-state index in [0.29, 0.717) is 16.5 Å². The van der Waals surface area contributed by atoms with E-state index < -0.39 is 0 Å². The predicted octanol–water partition coefficient (Wildman–Crippen LogP) is 5.15. The van der Waals surface area contributed by atoms with Crippen LogP contribution in [0.5, 0.6) is 5.75 Å². The van der Waals surface area contributed by atoms with Gasteiger partial charge in [0.2, 0.25) is 0 Å². The van der Waals surface area contributed by atoms with Crippen LogP contribution in [0.25, 0.3) is 0 Å². The van der Waals surface area contributed by atoms with E-state index in [-0.39, 0.29) is 6.03 Å². The molecule has 2 aromatic rings. The Morgan fingerprint density at radius 1 is 1.12 bits per heavy atom. The molecule has 0 heterocycles. The molecule has 0 unspecified atom stereocenters. The molecule has 0 atom stereocenters. The molecule has 6 heteroatoms. The van der Waals surface area contributed by atoms with Crippen molar-refractivity contribution in [3.63, 3.8) is 0 Å². The van der Waals surface area contributed by atoms with Gasteiger partial charge in [0.05, 0.1) is 12.8 Å². The molecule has 0 aliphatic rings. The molecule has 0 bridgehead atoms. The van der Waals surface area contributed by atoms with Crippen molar-refractivity contribution in [3.05, 3.63) is 47.0 Å². The van der Waals surface area contributed by atoms with Crippen molar-refractivity contribution < 1.29 is 9.53 Å². The van der Waals surface area contributed by atoms with Crippen molar-refractivity contribution in [2.75, 3.05) is 35.7 Å². The molecule has 2 aromatic carbocycles. The van der Waals surface area contributed by atoms with Crippen molar-refractivity contribution in [2.24, 2.45) is 0 Å². The number of hydrogen-bond acceptors (Lipinski definition) is 3. The maximum absolute atomic E-state index is 12.3. The van der Waals surface area contributed by atoms with E-state index in [1.54, 1.807) is 12.1 Å². The maximum atomic E-state index is 12.3. The van der Waals surface area contributed by atoms with Gasteiger partial charge in [-0.15, -0.1) is 0 Å². The van der Waals surface area contributed by atoms with Gasteiger partial charge >= 0.3 is 6.03 Å². The number of halogens is 1. The van der Waals surface area contributed by atoms with E-state index in [2.05, 4.69) is 29.4 Å². The Labute approximate surface area is 153 Å². The fourth-order valence-electron chi connectivity index (χ4n) is 2.56. The van der Waals surface area contributed by atoms with Crippen molar-refractivity contribution in [1.82, 2.24) is 0 Å². The molecule has 0 aromatic heterocycles. The van der Waals surface area contributed by atoms with Gasteiger partial charge in [0.25, 0.3) is 0 Å². The molecular formula is C19H24ClN3O2. The highest BCUT2D eigenvalue weighted by molar-refractivity contribution is 6.31. The van der Waals surface area contributed by atoms with Gasteiger partial charge in [0, 0.05) is 35.6 Å². The summed E-state index contributed by atoms with van der Waals surface area (Å²) in [5.41, 5.74) is 3.28. The molecule has 0 fully saturated rings. The Morgan fingerprint density at radius 2 is 1.76 bits per heavy atom. The highest BCUT2D eigenvalue weighted by Gasteiger charge is 2.11. The Hall–Kier alpha value is -2.40. The van der Waals surface area contributed by atoms with Crippen LogP contribution in [0.3, 0.4) is 0 Å². The second-order valence-corrected chi connectivity index (χ2v) is 6.01. The molecule has 0 aliphatic heterocycles. The summed E-state index contributed by atoms with van der Waals surface area (Å²) < 4.78 is 5.27. The number of rotatable bonds is 6. The Bertz CT molecular complexity index is 728. The first-order chi connectivity index (χ1) is 12.0. The first-order valence-corrected chi connectivity index (χ1v) is 8.63. The van der Waals surface area contributed by atoms with E-state index in [1.807, 2.05) is 31.2 Å². The lowest BCUT2D eigenvalue weighted by Gasteiger charge is -2.21. The van der Waals surface area contributed by atoms with Crippen molar-refractivity contribution in [2.45, 2.75) is 20.8 Å². The zero-order valence-corrected chi connectivity index (χ0v) is 15.8. The minimum Gasteiger partial charge on any atom is -0.495 e. The number of ether oxygens (including phenoxy) is 1. The molecule has 0 saturated carbocycles. The monoisotopic (exact) mass is 361 g/mol. The summed E-state index contributed by atoms with van der Waals surface area (Å²) in [4.78, 5) is 14.5. The van der Waals surface area contributed by atoms with Crippen LogP contribution < -0.4 is 20.3 Å². The number of hydrogen-bond donors (Lipinski definition) is 2. The lowest BCUT2D eigenvalue weighted by Crippen LogP contribution is -2.22. The summed E-state index contributed by atoms with van der Waals surface area (Å²) >= 11 is 6.08. The predicted molar refractivity (Wildman–Crippen MR) is 105 cm³/mol. The number of carbonyl (C=O) groups is 1. The molecule has 2 rings (SSSR count). The quantitative estimate of drug-likeness (QED) is 0.748. The number of nitrogens with zero attached hydrogens (tertiary/aromatic N) is 1. The summed E-state index contributed by atoms with van der Waals surface area (Å²) in [7, 11) is 1.54. The fraction of sp³-hybridized carbons (Fsp3) is 0.316. The lowest BCUT2D eigenvalue weighted by molar-refractivity contribution is 0.262. The number of benzene rings is 2. The number of anilines is 3. The highest BCUT2D eigenvalue weighted by Crippen LogP contribution is 2.31. The standard InChI is InChI=1S/C19H24ClN3O2/c1-5-23(6-2)15-9-7-14(8-10-15)21-19(24)22-17-11-13(3)16(20)12-18(17)25-4/h7-12H,5-6H2,1-4H3,(H2,21,22,24). The Morgan fingerprint density at radius 3 is 2.32 bits per heavy atom. The second-order valence-electron chi connectivity index (χ2n) is 5.60. The maximum Gasteiger partial charge on any atom is 0.323 e. The fourth-order valence-corrected chi connectivity index (χ4v) is 2.71. The number of urea groups is 1. The summed E-state index contributed by atoms with van der Waals surface area (Å²) in [6, 6.07) is 10.9. The number of nitrogens with one attached hydrogen (secondary N) is 2. The Balaban J connectivity index is 2.07. The largest absolute Gasteiger partial charge is 0.495 e. The zero-order valence-electron chi connectivity index (χ0n) is 15.0. The summed E-state index contributed by atoms with van der Waals surface area (Å²) in [5, 5.41) is 6.21. The second kappa shape index (κ2) is 8.62. The van der Waals surface area contributed by atoms with Crippen LogP contribution in [-0.4, -0.2) is 26.2 Å². The first kappa shape index (κ1) is 18.9. The normalized spacial score (nSPS) is 10.3. The van der Waals surface area contributed by atoms with Gasteiger partial charge in [-0.25, -0.2) is 4.79 Å². The van der Waals surface area contributed by atoms with Gasteiger partial charge in [-0.2, -0.15) is 0 Å². The molecule has 134 valence electrons. The van der Waals surface area contributed by atoms with Crippen LogP contribution in [0.2, 0.25) is 5.02 Å². The van der Waals surface area contributed by atoms with Crippen LogP contribution >= 0.6 is 11.6 Å². The number of methoxy groups -OCH3 is 1. The number of carbonyl (C=O) groups excluding carboxylic acids is 1. The van der Waals surface area contributed by atoms with Crippen molar-refractivity contribution in [1.29, 1.82) is 0 Å². The SMILES string of the molecule is CCN(CC)c1ccc(NC(=O)Nc2cc(C)c(Cl)cc2OC)cc1. The number of amides is 2. The summed E-state index contributed by atoms with van der Waals surface area (Å²) in [5.74, 6) is 0.516. The smallest absolute Gasteiger partial charge is 0.323 e. The average molecular weight is 362 g/mol. The molecular weight excluding hydrogens is 338 g/mol. The topological polar surface area (TPSA) is 53.6 Å². The molecule has 0 aliphatic carbocycles. The molecule has 5 nitrogen and oxygen atoms in total. The van der Waals surface area contributed by atoms with Gasteiger partial charge in [0.15, 0.2) is 0 Å². The van der Waals surface area contributed by atoms with E-state index in [1.165, 1.54) is 7.11 Å². The average Bonchev–Trinajstić information content (AvgIpc) is 2.60. The van der Waals surface area contributed by atoms with Crippen LogP contribution in [-0.2, 0) is 0 Å². The van der Waals surface area contributed by atoms with E-state index >= 15 is 0 Å². The van der Waals surface area contributed by atoms with Crippen LogP contribution in [0, 0.1) is 6.92 Å². The van der Waals surface area contributed by atoms with E-state index in [0.717, 1.165) is 30.0 Å². The minimum atomic E-state index is -0.337. The van der Waals surface area contributed by atoms with Crippen molar-refractivity contribution in [3.8, 4) is 5.75 Å². The van der Waals surface area contributed by atoms with Gasteiger partial charge in [-0.1, -0.05) is 11.6 Å². The van der Waals surface area contributed by atoms with E-state index in [9.17, 15) is 4.79 Å². The van der Waals surface area contributed by atoms with Gasteiger partial charge in [-0.3, -0.25) is 0 Å². The van der Waals surface area contributed by atoms with Gasteiger partial charge in [-0.05, 0) is 56.7 Å². The Kier molecular flexibility index (Phi) is 6.53. The molecule has 25 heavy (non-hydrogen) atoms. The summed E-state index contributed by atoms with van der Waals surface area (Å²) in [6.07, 6.45) is 0. The van der Waals surface area contributed by atoms with Crippen LogP contribution in [0.15, 0.2) is 36.4 Å². The molecule has 0 spiro atoms. The van der Waals surface area contributed by atoms with Crippen LogP contribution in [0.4, 0.5) is 21.9 Å². The number of aryl methyl sites for hydroxylation is 1. The highest BCUT2D eigenvalue weighted by atomic mass is 35.5. The van der Waals surface area contributed by atoms with Crippen LogP contribution in [0.1, 0.15) is 19.4 Å². The molecule has 0 radical (unpaired) electrons. The summed E-state index contributed by atoms with van der Waals surface area (Å²) in [6.45, 7) is 7.99. The van der Waals surface area contributed by atoms with Gasteiger partial charge < -0.3 is 20.3 Å². The molecule has 2 N–H and O–H groups in total. The van der Waals surface area contributed by atoms with Crippen molar-refractivity contribution >= 4 is 34.7 Å². The van der Waals surface area contributed by atoms with E-state index in [4.69, 9.17) is 16.3 Å².